The number of alkyl halides is 3. The van der Waals surface area contributed by atoms with E-state index >= 15 is 0 Å². The van der Waals surface area contributed by atoms with Gasteiger partial charge >= 0.3 is 6.18 Å². The van der Waals surface area contributed by atoms with Crippen molar-refractivity contribution in [3.8, 4) is 5.75 Å². The van der Waals surface area contributed by atoms with Crippen molar-refractivity contribution in [2.24, 2.45) is 12.0 Å². The molecule has 1 aromatic heterocycles. The summed E-state index contributed by atoms with van der Waals surface area (Å²) in [5.74, 6) is 0.504. The lowest BCUT2D eigenvalue weighted by Crippen LogP contribution is -2.50. The summed E-state index contributed by atoms with van der Waals surface area (Å²) in [4.78, 5) is 16.2. The van der Waals surface area contributed by atoms with Gasteiger partial charge in [0.05, 0.1) is 24.4 Å². The number of benzene rings is 2. The molecular formula is C23H24F3N3O3. The Morgan fingerprint density at radius 2 is 1.84 bits per heavy atom. The van der Waals surface area contributed by atoms with Crippen molar-refractivity contribution in [2.45, 2.75) is 37.5 Å². The number of ether oxygens (including phenoxy) is 1. The molecule has 1 atom stereocenters. The Labute approximate surface area is 183 Å². The molecule has 0 aliphatic rings. The van der Waals surface area contributed by atoms with Crippen LogP contribution in [0.1, 0.15) is 25.8 Å². The molecule has 2 aromatic carbocycles. The van der Waals surface area contributed by atoms with Crippen LogP contribution in [-0.2, 0) is 12.5 Å². The predicted molar refractivity (Wildman–Crippen MR) is 117 cm³/mol. The minimum absolute atomic E-state index is 0.106. The Morgan fingerprint density at radius 1 is 1.16 bits per heavy atom. The van der Waals surface area contributed by atoms with Crippen LogP contribution in [0.4, 0.5) is 18.9 Å². The molecule has 0 fully saturated rings. The molecule has 3 rings (SSSR count). The highest BCUT2D eigenvalue weighted by Gasteiger charge is 2.55. The summed E-state index contributed by atoms with van der Waals surface area (Å²) in [6.45, 7) is 3.22. The zero-order valence-corrected chi connectivity index (χ0v) is 18.1. The van der Waals surface area contributed by atoms with Gasteiger partial charge in [0.25, 0.3) is 5.56 Å². The molecule has 1 heterocycles. The van der Waals surface area contributed by atoms with Crippen LogP contribution in [0.2, 0.25) is 0 Å². The Balaban J connectivity index is 2.03. The van der Waals surface area contributed by atoms with E-state index in [0.717, 1.165) is 4.68 Å². The van der Waals surface area contributed by atoms with Crippen LogP contribution in [-0.4, -0.2) is 40.0 Å². The molecule has 0 spiro atoms. The van der Waals surface area contributed by atoms with E-state index in [-0.39, 0.29) is 11.1 Å². The van der Waals surface area contributed by atoms with E-state index in [2.05, 4.69) is 10.1 Å². The summed E-state index contributed by atoms with van der Waals surface area (Å²) in [5, 5.41) is 15.2. The summed E-state index contributed by atoms with van der Waals surface area (Å²) in [6.07, 6.45) is -3.80. The molecule has 170 valence electrons. The number of hydrogen-bond acceptors (Lipinski definition) is 5. The van der Waals surface area contributed by atoms with Crippen LogP contribution < -0.4 is 10.3 Å². The van der Waals surface area contributed by atoms with Gasteiger partial charge in [0.1, 0.15) is 5.75 Å². The lowest BCUT2D eigenvalue weighted by atomic mass is 9.75. The molecule has 0 amide bonds. The van der Waals surface area contributed by atoms with Gasteiger partial charge in [-0.25, -0.2) is 4.68 Å². The second-order valence-corrected chi connectivity index (χ2v) is 8.28. The fraction of sp³-hybridized carbons (Fsp3) is 0.348. The smallest absolute Gasteiger partial charge is 0.422 e. The molecule has 0 saturated carbocycles. The fourth-order valence-corrected chi connectivity index (χ4v) is 3.57. The first-order chi connectivity index (χ1) is 14.9. The summed E-state index contributed by atoms with van der Waals surface area (Å²) >= 11 is 0. The van der Waals surface area contributed by atoms with Gasteiger partial charge in [-0.3, -0.25) is 9.79 Å². The molecule has 0 saturated heterocycles. The Kier molecular flexibility index (Phi) is 6.15. The molecule has 0 bridgehead atoms. The highest BCUT2D eigenvalue weighted by molar-refractivity contribution is 5.93. The Hall–Kier alpha value is -3.20. The summed E-state index contributed by atoms with van der Waals surface area (Å²) in [6, 6.07) is 11.2. The van der Waals surface area contributed by atoms with Crippen molar-refractivity contribution in [1.29, 1.82) is 0 Å². The number of aryl methyl sites for hydroxylation is 1. The molecule has 1 unspecified atom stereocenters. The van der Waals surface area contributed by atoms with E-state index in [9.17, 15) is 23.1 Å². The van der Waals surface area contributed by atoms with Gasteiger partial charge in [-0.05, 0) is 41.7 Å². The number of methoxy groups -OCH3 is 1. The number of nitrogens with zero attached hydrogens (tertiary/aromatic N) is 3. The van der Waals surface area contributed by atoms with E-state index in [4.69, 9.17) is 4.74 Å². The van der Waals surface area contributed by atoms with Crippen LogP contribution in [0.25, 0.3) is 10.8 Å². The number of aliphatic hydroxyl groups is 1. The zero-order chi connectivity index (χ0) is 23.7. The van der Waals surface area contributed by atoms with E-state index < -0.39 is 29.2 Å². The van der Waals surface area contributed by atoms with Crippen molar-refractivity contribution in [3.63, 3.8) is 0 Å². The average molecular weight is 447 g/mol. The van der Waals surface area contributed by atoms with Crippen molar-refractivity contribution < 1.29 is 23.0 Å². The number of aromatic nitrogens is 2. The lowest BCUT2D eigenvalue weighted by molar-refractivity contribution is -0.234. The first-order valence-corrected chi connectivity index (χ1v) is 9.82. The zero-order valence-electron chi connectivity index (χ0n) is 18.1. The number of aliphatic imine (C=N–C) groups is 1. The number of fused-ring (bicyclic) bond motifs is 1. The largest absolute Gasteiger partial charge is 0.497 e. The molecule has 9 heteroatoms. The molecule has 1 N–H and O–H groups in total. The van der Waals surface area contributed by atoms with Gasteiger partial charge in [0.2, 0.25) is 0 Å². The van der Waals surface area contributed by atoms with Crippen LogP contribution in [0.5, 0.6) is 5.75 Å². The molecule has 32 heavy (non-hydrogen) atoms. The third-order valence-corrected chi connectivity index (χ3v) is 5.44. The van der Waals surface area contributed by atoms with Crippen LogP contribution in [0.15, 0.2) is 58.4 Å². The molecule has 0 aliphatic carbocycles. The third kappa shape index (κ3) is 4.52. The van der Waals surface area contributed by atoms with Gasteiger partial charge < -0.3 is 9.84 Å². The van der Waals surface area contributed by atoms with Crippen molar-refractivity contribution >= 4 is 22.7 Å². The number of hydrogen-bond donors (Lipinski definition) is 1. The first-order valence-electron chi connectivity index (χ1n) is 9.82. The maximum atomic E-state index is 14.0. The average Bonchev–Trinajstić information content (AvgIpc) is 2.74. The van der Waals surface area contributed by atoms with E-state index in [0.29, 0.717) is 22.9 Å². The second kappa shape index (κ2) is 8.38. The van der Waals surface area contributed by atoms with Crippen molar-refractivity contribution in [1.82, 2.24) is 9.78 Å². The Bertz CT molecular complexity index is 1220. The third-order valence-electron chi connectivity index (χ3n) is 5.44. The monoisotopic (exact) mass is 447 g/mol. The number of rotatable bonds is 6. The minimum Gasteiger partial charge on any atom is -0.497 e. The molecule has 6 nitrogen and oxygen atoms in total. The van der Waals surface area contributed by atoms with Gasteiger partial charge in [0.15, 0.2) is 5.60 Å². The minimum atomic E-state index is -4.98. The SMILES string of the molecule is COc1cccc(C(C)(C)CC(O)(C=Nc2cccc3c(=O)n(C)ncc23)C(F)(F)F)c1. The van der Waals surface area contributed by atoms with Gasteiger partial charge in [-0.1, -0.05) is 32.0 Å². The van der Waals surface area contributed by atoms with Gasteiger partial charge in [-0.15, -0.1) is 0 Å². The van der Waals surface area contributed by atoms with Crippen LogP contribution in [0.3, 0.4) is 0 Å². The lowest BCUT2D eigenvalue weighted by Gasteiger charge is -2.35. The van der Waals surface area contributed by atoms with E-state index in [1.807, 2.05) is 0 Å². The summed E-state index contributed by atoms with van der Waals surface area (Å²) < 4.78 is 48.3. The first kappa shape index (κ1) is 23.5. The standard InChI is InChI=1S/C23H24F3N3O3/c1-21(2,15-7-5-8-16(11-15)32-4)13-22(31,23(24,25)26)14-27-19-10-6-9-17-18(19)12-28-29(3)20(17)30/h5-12,14,31H,13H2,1-4H3. The molecular weight excluding hydrogens is 423 g/mol. The predicted octanol–water partition coefficient (Wildman–Crippen LogP) is 4.31. The normalized spacial score (nSPS) is 14.6. The van der Waals surface area contributed by atoms with E-state index in [1.165, 1.54) is 32.5 Å². The fourth-order valence-electron chi connectivity index (χ4n) is 3.57. The van der Waals surface area contributed by atoms with Crippen LogP contribution in [0, 0.1) is 0 Å². The highest BCUT2D eigenvalue weighted by atomic mass is 19.4. The molecule has 3 aromatic rings. The second-order valence-electron chi connectivity index (χ2n) is 8.28. The van der Waals surface area contributed by atoms with Crippen molar-refractivity contribution in [2.75, 3.05) is 7.11 Å². The molecule has 0 aliphatic heterocycles. The Morgan fingerprint density at radius 3 is 2.50 bits per heavy atom. The van der Waals surface area contributed by atoms with Crippen molar-refractivity contribution in [3.05, 3.63) is 64.6 Å². The van der Waals surface area contributed by atoms with Gasteiger partial charge in [0, 0.05) is 18.6 Å². The maximum absolute atomic E-state index is 14.0. The van der Waals surface area contributed by atoms with Gasteiger partial charge in [-0.2, -0.15) is 18.3 Å². The van der Waals surface area contributed by atoms with Crippen LogP contribution >= 0.6 is 0 Å². The summed E-state index contributed by atoms with van der Waals surface area (Å²) in [5.41, 5.74) is -4.00. The summed E-state index contributed by atoms with van der Waals surface area (Å²) in [7, 11) is 2.94. The van der Waals surface area contributed by atoms with E-state index in [1.54, 1.807) is 44.2 Å². The topological polar surface area (TPSA) is 76.7 Å². The number of halogens is 3. The molecule has 0 radical (unpaired) electrons. The maximum Gasteiger partial charge on any atom is 0.422 e. The quantitative estimate of drug-likeness (QED) is 0.572. The highest BCUT2D eigenvalue weighted by Crippen LogP contribution is 2.41.